The summed E-state index contributed by atoms with van der Waals surface area (Å²) in [5.41, 5.74) is 2.89. The van der Waals surface area contributed by atoms with Crippen LogP contribution in [0.25, 0.3) is 0 Å². The Balaban J connectivity index is 2.58. The van der Waals surface area contributed by atoms with Crippen LogP contribution >= 0.6 is 11.6 Å². The third kappa shape index (κ3) is 1.87. The van der Waals surface area contributed by atoms with E-state index in [4.69, 9.17) is 11.6 Å². The number of benzene rings is 1. The van der Waals surface area contributed by atoms with E-state index in [-0.39, 0.29) is 5.91 Å². The summed E-state index contributed by atoms with van der Waals surface area (Å²) in [4.78, 5) is 13.4. The minimum atomic E-state index is 0.0651. The normalized spacial score (nSPS) is 15.1. The van der Waals surface area contributed by atoms with Crippen molar-refractivity contribution < 1.29 is 4.79 Å². The fourth-order valence-corrected chi connectivity index (χ4v) is 2.21. The number of hydrogen-bond acceptors (Lipinski definition) is 2. The number of hydrogen-bond donors (Lipinski definition) is 1. The highest BCUT2D eigenvalue weighted by Gasteiger charge is 2.21. The second-order valence-corrected chi connectivity index (χ2v) is 4.43. The molecule has 1 aromatic rings. The number of nitrogens with one attached hydrogen (secondary N) is 1. The van der Waals surface area contributed by atoms with Gasteiger partial charge in [0.1, 0.15) is 0 Å². The average Bonchev–Trinajstić information content (AvgIpc) is 2.46. The number of rotatable bonds is 0. The summed E-state index contributed by atoms with van der Waals surface area (Å²) in [5, 5.41) is 4.03. The van der Waals surface area contributed by atoms with Crippen molar-refractivity contribution >= 4 is 28.9 Å². The van der Waals surface area contributed by atoms with Gasteiger partial charge in [0.15, 0.2) is 0 Å². The Hall–Kier alpha value is -1.22. The zero-order valence-electron chi connectivity index (χ0n) is 9.51. The topological polar surface area (TPSA) is 32.3 Å². The monoisotopic (exact) mass is 238 g/mol. The average molecular weight is 239 g/mol. The van der Waals surface area contributed by atoms with Gasteiger partial charge >= 0.3 is 0 Å². The molecule has 2 rings (SSSR count). The lowest BCUT2D eigenvalue weighted by Crippen LogP contribution is -2.29. The molecule has 0 bridgehead atoms. The Morgan fingerprint density at radius 2 is 2.25 bits per heavy atom. The molecule has 0 saturated carbocycles. The van der Waals surface area contributed by atoms with Gasteiger partial charge in [-0.25, -0.2) is 0 Å². The van der Waals surface area contributed by atoms with Crippen molar-refractivity contribution in [3.63, 3.8) is 0 Å². The smallest absolute Gasteiger partial charge is 0.223 e. The summed E-state index contributed by atoms with van der Waals surface area (Å²) in [7, 11) is 0. The van der Waals surface area contributed by atoms with Gasteiger partial charge in [-0.05, 0) is 31.0 Å². The summed E-state index contributed by atoms with van der Waals surface area (Å²) >= 11 is 6.10. The number of fused-ring (bicyclic) bond motifs is 1. The molecule has 0 unspecified atom stereocenters. The lowest BCUT2D eigenvalue weighted by Gasteiger charge is -2.23. The SMILES string of the molecule is CC(=O)N1CCCNc2ccc(Cl)c(C)c21. The van der Waals surface area contributed by atoms with Crippen molar-refractivity contribution in [1.29, 1.82) is 0 Å². The van der Waals surface area contributed by atoms with Crippen LogP contribution in [0.5, 0.6) is 0 Å². The summed E-state index contributed by atoms with van der Waals surface area (Å²) < 4.78 is 0. The van der Waals surface area contributed by atoms with Gasteiger partial charge in [-0.2, -0.15) is 0 Å². The van der Waals surface area contributed by atoms with E-state index in [1.165, 1.54) is 0 Å². The molecule has 0 spiro atoms. The Morgan fingerprint density at radius 1 is 1.50 bits per heavy atom. The zero-order valence-corrected chi connectivity index (χ0v) is 10.3. The van der Waals surface area contributed by atoms with Crippen LogP contribution in [0.2, 0.25) is 5.02 Å². The summed E-state index contributed by atoms with van der Waals surface area (Å²) in [6.45, 7) is 5.17. The maximum Gasteiger partial charge on any atom is 0.223 e. The van der Waals surface area contributed by atoms with E-state index >= 15 is 0 Å². The molecule has 0 atom stereocenters. The highest BCUT2D eigenvalue weighted by Crippen LogP contribution is 2.36. The molecular formula is C12H15ClN2O. The van der Waals surface area contributed by atoms with E-state index in [1.54, 1.807) is 11.8 Å². The van der Waals surface area contributed by atoms with E-state index in [1.807, 2.05) is 19.1 Å². The van der Waals surface area contributed by atoms with Crippen LogP contribution in [-0.4, -0.2) is 19.0 Å². The number of carbonyl (C=O) groups excluding carboxylic acids is 1. The minimum Gasteiger partial charge on any atom is -0.383 e. The van der Waals surface area contributed by atoms with Crippen LogP contribution in [0.1, 0.15) is 18.9 Å². The molecule has 0 fully saturated rings. The van der Waals surface area contributed by atoms with Gasteiger partial charge in [0, 0.05) is 25.0 Å². The first kappa shape index (κ1) is 11.3. The third-order valence-electron chi connectivity index (χ3n) is 2.89. The minimum absolute atomic E-state index is 0.0651. The fraction of sp³-hybridized carbons (Fsp3) is 0.417. The van der Waals surface area contributed by atoms with Gasteiger partial charge in [-0.15, -0.1) is 0 Å². The highest BCUT2D eigenvalue weighted by atomic mass is 35.5. The van der Waals surface area contributed by atoms with Crippen LogP contribution in [-0.2, 0) is 4.79 Å². The molecule has 1 aliphatic rings. The van der Waals surface area contributed by atoms with Crippen LogP contribution in [0, 0.1) is 6.92 Å². The fourth-order valence-electron chi connectivity index (χ4n) is 2.05. The standard InChI is InChI=1S/C12H15ClN2O/c1-8-10(13)4-5-11-12(8)15(9(2)16)7-3-6-14-11/h4-5,14H,3,6-7H2,1-2H3. The van der Waals surface area contributed by atoms with Crippen molar-refractivity contribution in [2.75, 3.05) is 23.3 Å². The molecule has 4 heteroatoms. The van der Waals surface area contributed by atoms with E-state index < -0.39 is 0 Å². The molecular weight excluding hydrogens is 224 g/mol. The van der Waals surface area contributed by atoms with Crippen molar-refractivity contribution in [3.8, 4) is 0 Å². The van der Waals surface area contributed by atoms with Crippen LogP contribution < -0.4 is 10.2 Å². The van der Waals surface area contributed by atoms with Crippen molar-refractivity contribution in [1.82, 2.24) is 0 Å². The third-order valence-corrected chi connectivity index (χ3v) is 3.30. The Labute approximate surface area is 100 Å². The van der Waals surface area contributed by atoms with Crippen LogP contribution in [0.15, 0.2) is 12.1 Å². The lowest BCUT2D eigenvalue weighted by atomic mass is 10.1. The first-order valence-electron chi connectivity index (χ1n) is 5.42. The molecule has 3 nitrogen and oxygen atoms in total. The Morgan fingerprint density at radius 3 is 2.94 bits per heavy atom. The number of amides is 1. The predicted octanol–water partition coefficient (Wildman–Crippen LogP) is 2.82. The van der Waals surface area contributed by atoms with Gasteiger partial charge in [0.2, 0.25) is 5.91 Å². The zero-order chi connectivity index (χ0) is 11.7. The van der Waals surface area contributed by atoms with Crippen LogP contribution in [0.4, 0.5) is 11.4 Å². The van der Waals surface area contributed by atoms with Gasteiger partial charge in [-0.3, -0.25) is 4.79 Å². The molecule has 16 heavy (non-hydrogen) atoms. The number of carbonyl (C=O) groups is 1. The molecule has 1 N–H and O–H groups in total. The Kier molecular flexibility index (Phi) is 3.06. The van der Waals surface area contributed by atoms with Crippen molar-refractivity contribution in [2.24, 2.45) is 0 Å². The summed E-state index contributed by atoms with van der Waals surface area (Å²) in [6.07, 6.45) is 0.950. The summed E-state index contributed by atoms with van der Waals surface area (Å²) in [6, 6.07) is 3.80. The number of anilines is 2. The van der Waals surface area contributed by atoms with Gasteiger partial charge in [0.05, 0.1) is 11.4 Å². The first-order valence-corrected chi connectivity index (χ1v) is 5.80. The molecule has 0 aromatic heterocycles. The highest BCUT2D eigenvalue weighted by molar-refractivity contribution is 6.32. The van der Waals surface area contributed by atoms with Crippen molar-refractivity contribution in [3.05, 3.63) is 22.7 Å². The maximum absolute atomic E-state index is 11.6. The van der Waals surface area contributed by atoms with E-state index in [9.17, 15) is 4.79 Å². The molecule has 0 aliphatic carbocycles. The largest absolute Gasteiger partial charge is 0.383 e. The predicted molar refractivity (Wildman–Crippen MR) is 67.3 cm³/mol. The molecule has 1 amide bonds. The van der Waals surface area contributed by atoms with E-state index in [0.29, 0.717) is 5.02 Å². The number of nitrogens with zero attached hydrogens (tertiary/aromatic N) is 1. The van der Waals surface area contributed by atoms with Gasteiger partial charge < -0.3 is 10.2 Å². The second-order valence-electron chi connectivity index (χ2n) is 4.02. The van der Waals surface area contributed by atoms with Gasteiger partial charge in [-0.1, -0.05) is 11.6 Å². The van der Waals surface area contributed by atoms with E-state index in [2.05, 4.69) is 5.32 Å². The summed E-state index contributed by atoms with van der Waals surface area (Å²) in [5.74, 6) is 0.0651. The van der Waals surface area contributed by atoms with Gasteiger partial charge in [0.25, 0.3) is 0 Å². The molecule has 0 radical (unpaired) electrons. The quantitative estimate of drug-likeness (QED) is 0.754. The van der Waals surface area contributed by atoms with Crippen molar-refractivity contribution in [2.45, 2.75) is 20.3 Å². The Bertz CT molecular complexity index is 431. The molecule has 1 heterocycles. The lowest BCUT2D eigenvalue weighted by molar-refractivity contribution is -0.116. The second kappa shape index (κ2) is 4.34. The molecule has 1 aromatic carbocycles. The number of halogens is 1. The van der Waals surface area contributed by atoms with Crippen LogP contribution in [0.3, 0.4) is 0 Å². The van der Waals surface area contributed by atoms with E-state index in [0.717, 1.165) is 36.4 Å². The molecule has 86 valence electrons. The maximum atomic E-state index is 11.6. The molecule has 0 saturated heterocycles. The molecule has 1 aliphatic heterocycles. The first-order chi connectivity index (χ1) is 7.61.